The van der Waals surface area contributed by atoms with Crippen LogP contribution in [0.2, 0.25) is 0 Å². The third-order valence-electron chi connectivity index (χ3n) is 6.98. The number of carboxylic acids is 1. The Balaban J connectivity index is 1.66. The van der Waals surface area contributed by atoms with E-state index < -0.39 is 24.0 Å². The maximum atomic E-state index is 13.3. The molecule has 4 rings (SSSR count). The summed E-state index contributed by atoms with van der Waals surface area (Å²) in [4.78, 5) is 37.5. The number of amides is 2. The van der Waals surface area contributed by atoms with Crippen LogP contribution >= 0.6 is 0 Å². The zero-order valence-corrected chi connectivity index (χ0v) is 17.2. The lowest BCUT2D eigenvalue weighted by Gasteiger charge is -2.55. The summed E-state index contributed by atoms with van der Waals surface area (Å²) in [5, 5.41) is 14.9. The molecule has 2 unspecified atom stereocenters. The molecule has 4 fully saturated rings. The first-order valence-corrected chi connectivity index (χ1v) is 10.6. The molecule has 4 saturated carbocycles. The zero-order valence-electron chi connectivity index (χ0n) is 17.2. The molecule has 4 aliphatic carbocycles. The molecule has 0 aromatic carbocycles. The molecule has 28 heavy (non-hydrogen) atoms. The second kappa shape index (κ2) is 8.39. The van der Waals surface area contributed by atoms with Crippen molar-refractivity contribution in [2.24, 2.45) is 29.1 Å². The van der Waals surface area contributed by atoms with Gasteiger partial charge < -0.3 is 20.5 Å². The first kappa shape index (κ1) is 21.1. The van der Waals surface area contributed by atoms with E-state index in [0.717, 1.165) is 19.3 Å². The van der Waals surface area contributed by atoms with Gasteiger partial charge in [-0.3, -0.25) is 9.59 Å². The topological polar surface area (TPSA) is 105 Å². The number of carbonyl (C=O) groups excluding carboxylic acids is 2. The van der Waals surface area contributed by atoms with Gasteiger partial charge in [-0.2, -0.15) is 0 Å². The summed E-state index contributed by atoms with van der Waals surface area (Å²) in [6.07, 6.45) is 6.74. The quantitative estimate of drug-likeness (QED) is 0.554. The number of carboxylic acid groups (broad SMARTS) is 1. The smallest absolute Gasteiger partial charge is 0.326 e. The summed E-state index contributed by atoms with van der Waals surface area (Å²) in [6, 6.07) is -1.75. The molecule has 4 aliphatic rings. The van der Waals surface area contributed by atoms with Crippen LogP contribution in [0, 0.1) is 29.1 Å². The van der Waals surface area contributed by atoms with Gasteiger partial charge in [-0.25, -0.2) is 4.79 Å². The Morgan fingerprint density at radius 3 is 2.00 bits per heavy atom. The summed E-state index contributed by atoms with van der Waals surface area (Å²) in [6.45, 7) is 3.98. The van der Waals surface area contributed by atoms with Gasteiger partial charge in [0.1, 0.15) is 12.1 Å². The highest BCUT2D eigenvalue weighted by Gasteiger charge is 2.55. The van der Waals surface area contributed by atoms with Gasteiger partial charge in [-0.15, -0.1) is 0 Å². The van der Waals surface area contributed by atoms with Crippen molar-refractivity contribution in [1.29, 1.82) is 0 Å². The lowest BCUT2D eigenvalue weighted by molar-refractivity contribution is -0.149. The maximum Gasteiger partial charge on any atom is 0.326 e. The van der Waals surface area contributed by atoms with Gasteiger partial charge >= 0.3 is 5.97 Å². The molecule has 7 nitrogen and oxygen atoms in total. The van der Waals surface area contributed by atoms with E-state index in [1.165, 1.54) is 26.4 Å². The molecule has 0 saturated heterocycles. The Morgan fingerprint density at radius 1 is 1.04 bits per heavy atom. The first-order valence-electron chi connectivity index (χ1n) is 10.6. The Hall–Kier alpha value is -1.63. The molecular formula is C21H34N2O5. The number of rotatable bonds is 9. The molecule has 3 N–H and O–H groups in total. The molecule has 0 spiro atoms. The minimum absolute atomic E-state index is 0.00998. The third-order valence-corrected chi connectivity index (χ3v) is 6.98. The lowest BCUT2D eigenvalue weighted by atomic mass is 9.49. The Morgan fingerprint density at radius 2 is 1.57 bits per heavy atom. The van der Waals surface area contributed by atoms with Gasteiger partial charge in [-0.1, -0.05) is 13.8 Å². The second-order valence-electron chi connectivity index (χ2n) is 9.57. The summed E-state index contributed by atoms with van der Waals surface area (Å²) in [5.74, 6) is 0.270. The highest BCUT2D eigenvalue weighted by atomic mass is 16.5. The van der Waals surface area contributed by atoms with Crippen molar-refractivity contribution in [1.82, 2.24) is 10.6 Å². The minimum Gasteiger partial charge on any atom is -0.480 e. The molecule has 0 aromatic rings. The number of hydrogen-bond donors (Lipinski definition) is 3. The van der Waals surface area contributed by atoms with Gasteiger partial charge in [0.2, 0.25) is 11.8 Å². The predicted molar refractivity (Wildman–Crippen MR) is 103 cm³/mol. The number of aliphatic carboxylic acids is 1. The molecule has 0 heterocycles. The normalized spacial score (nSPS) is 32.8. The summed E-state index contributed by atoms with van der Waals surface area (Å²) < 4.78 is 4.93. The van der Waals surface area contributed by atoms with Crippen molar-refractivity contribution in [2.75, 3.05) is 13.7 Å². The van der Waals surface area contributed by atoms with Crippen LogP contribution in [-0.4, -0.2) is 48.7 Å². The lowest BCUT2D eigenvalue weighted by Crippen LogP contribution is -2.59. The average molecular weight is 395 g/mol. The molecule has 0 aliphatic heterocycles. The largest absolute Gasteiger partial charge is 0.480 e. The molecule has 7 heteroatoms. The fourth-order valence-corrected chi connectivity index (χ4v) is 5.97. The summed E-state index contributed by atoms with van der Waals surface area (Å²) in [5.41, 5.74) is -0.329. The van der Waals surface area contributed by atoms with Crippen LogP contribution in [0.5, 0.6) is 0 Å². The molecule has 4 bridgehead atoms. The highest BCUT2D eigenvalue weighted by molar-refractivity contribution is 5.92. The Kier molecular flexibility index (Phi) is 6.32. The van der Waals surface area contributed by atoms with E-state index in [9.17, 15) is 19.5 Å². The Labute approximate surface area is 167 Å². The molecule has 2 amide bonds. The van der Waals surface area contributed by atoms with Crippen molar-refractivity contribution < 1.29 is 24.2 Å². The van der Waals surface area contributed by atoms with Crippen LogP contribution in [0.15, 0.2) is 0 Å². The van der Waals surface area contributed by atoms with Crippen LogP contribution < -0.4 is 10.6 Å². The van der Waals surface area contributed by atoms with Crippen LogP contribution in [0.4, 0.5) is 0 Å². The maximum absolute atomic E-state index is 13.3. The SMILES string of the molecule is COCCC(NC(=O)C(NC(=O)C12CC3CC(CC(C3)C1)C2)C(C)C)C(=O)O. The fourth-order valence-electron chi connectivity index (χ4n) is 5.97. The summed E-state index contributed by atoms with van der Waals surface area (Å²) >= 11 is 0. The second-order valence-corrected chi connectivity index (χ2v) is 9.57. The van der Waals surface area contributed by atoms with Gasteiger partial charge in [-0.05, 0) is 62.2 Å². The van der Waals surface area contributed by atoms with Gasteiger partial charge in [0.25, 0.3) is 0 Å². The van der Waals surface area contributed by atoms with Crippen LogP contribution in [0.1, 0.15) is 58.8 Å². The van der Waals surface area contributed by atoms with E-state index in [1.807, 2.05) is 13.8 Å². The van der Waals surface area contributed by atoms with E-state index in [-0.39, 0.29) is 30.3 Å². The van der Waals surface area contributed by atoms with Crippen LogP contribution in [-0.2, 0) is 19.1 Å². The highest BCUT2D eigenvalue weighted by Crippen LogP contribution is 2.60. The van der Waals surface area contributed by atoms with Crippen molar-refractivity contribution in [2.45, 2.75) is 70.9 Å². The fraction of sp³-hybridized carbons (Fsp3) is 0.857. The third kappa shape index (κ3) is 4.34. The van der Waals surface area contributed by atoms with E-state index in [1.54, 1.807) is 0 Å². The van der Waals surface area contributed by atoms with Crippen molar-refractivity contribution in [3.05, 3.63) is 0 Å². The van der Waals surface area contributed by atoms with Gasteiger partial charge in [0.15, 0.2) is 0 Å². The molecule has 0 aromatic heterocycles. The van der Waals surface area contributed by atoms with E-state index in [0.29, 0.717) is 17.8 Å². The average Bonchev–Trinajstić information content (AvgIpc) is 2.61. The van der Waals surface area contributed by atoms with Crippen molar-refractivity contribution in [3.63, 3.8) is 0 Å². The number of nitrogens with one attached hydrogen (secondary N) is 2. The standard InChI is InChI=1S/C21H34N2O5/c1-12(2)17(18(24)22-16(19(25)26)4-5-28-3)23-20(27)21-9-13-6-14(10-21)8-15(7-13)11-21/h12-17H,4-11H2,1-3H3,(H,22,24)(H,23,27)(H,25,26). The van der Waals surface area contributed by atoms with E-state index >= 15 is 0 Å². The first-order chi connectivity index (χ1) is 13.2. The molecule has 158 valence electrons. The predicted octanol–water partition coefficient (Wildman–Crippen LogP) is 1.95. The van der Waals surface area contributed by atoms with Gasteiger partial charge in [0.05, 0.1) is 0 Å². The van der Waals surface area contributed by atoms with Crippen molar-refractivity contribution in [3.8, 4) is 0 Å². The number of hydrogen-bond acceptors (Lipinski definition) is 4. The number of ether oxygens (including phenoxy) is 1. The number of carbonyl (C=O) groups is 3. The molecule has 0 radical (unpaired) electrons. The van der Waals surface area contributed by atoms with Gasteiger partial charge in [0, 0.05) is 25.6 Å². The van der Waals surface area contributed by atoms with E-state index in [2.05, 4.69) is 10.6 Å². The monoisotopic (exact) mass is 394 g/mol. The summed E-state index contributed by atoms with van der Waals surface area (Å²) in [7, 11) is 1.49. The number of methoxy groups -OCH3 is 1. The van der Waals surface area contributed by atoms with Crippen LogP contribution in [0.3, 0.4) is 0 Å². The van der Waals surface area contributed by atoms with Crippen molar-refractivity contribution >= 4 is 17.8 Å². The molecular weight excluding hydrogens is 360 g/mol. The molecule has 2 atom stereocenters. The minimum atomic E-state index is -1.10. The Bertz CT molecular complexity index is 583. The zero-order chi connectivity index (χ0) is 20.5. The van der Waals surface area contributed by atoms with E-state index in [4.69, 9.17) is 4.74 Å². The van der Waals surface area contributed by atoms with Crippen LogP contribution in [0.25, 0.3) is 0 Å².